The summed E-state index contributed by atoms with van der Waals surface area (Å²) in [5.74, 6) is -2.83. The molecule has 1 atom stereocenters. The van der Waals surface area contributed by atoms with E-state index >= 15 is 0 Å². The lowest BCUT2D eigenvalue weighted by Crippen LogP contribution is -2.31. The molecule has 1 aliphatic heterocycles. The Morgan fingerprint density at radius 2 is 1.69 bits per heavy atom. The molecule has 1 saturated heterocycles. The van der Waals surface area contributed by atoms with E-state index in [1.807, 2.05) is 0 Å². The van der Waals surface area contributed by atoms with Crippen molar-refractivity contribution in [2.75, 3.05) is 10.2 Å². The van der Waals surface area contributed by atoms with Crippen LogP contribution in [-0.2, 0) is 14.4 Å². The summed E-state index contributed by atoms with van der Waals surface area (Å²) < 4.78 is 15.0. The topological polar surface area (TPSA) is 139 Å². The second kappa shape index (κ2) is 13.7. The molecule has 4 amide bonds. The number of halogens is 2. The first-order valence-corrected chi connectivity index (χ1v) is 15.0. The lowest BCUT2D eigenvalue weighted by Gasteiger charge is -2.15. The Bertz CT molecular complexity index is 1830. The highest BCUT2D eigenvalue weighted by Gasteiger charge is 2.40. The smallest absolute Gasteiger partial charge is 0.272 e. The number of nitro groups is 1. The van der Waals surface area contributed by atoms with Crippen molar-refractivity contribution in [2.45, 2.75) is 16.6 Å². The van der Waals surface area contributed by atoms with Gasteiger partial charge >= 0.3 is 0 Å². The molecule has 4 aromatic rings. The number of nitrogens with zero attached hydrogens (tertiary/aromatic N) is 2. The van der Waals surface area contributed by atoms with Gasteiger partial charge in [-0.2, -0.15) is 0 Å². The quantitative estimate of drug-likeness (QED) is 0.0907. The number of non-ortho nitro benzene ring substituents is 1. The van der Waals surface area contributed by atoms with Gasteiger partial charge in [0.25, 0.3) is 17.5 Å². The molecule has 0 bridgehead atoms. The van der Waals surface area contributed by atoms with Crippen LogP contribution in [0.3, 0.4) is 0 Å². The van der Waals surface area contributed by atoms with E-state index in [4.69, 9.17) is 0 Å². The minimum atomic E-state index is -0.766. The summed E-state index contributed by atoms with van der Waals surface area (Å²) in [5, 5.41) is 15.5. The number of nitrogens with one attached hydrogen (secondary N) is 2. The molecule has 0 aromatic heterocycles. The summed E-state index contributed by atoms with van der Waals surface area (Å²) in [6.07, 6.45) is 1.14. The molecule has 0 aliphatic carbocycles. The molecule has 0 saturated carbocycles. The first-order valence-electron chi connectivity index (χ1n) is 13.3. The van der Waals surface area contributed by atoms with Gasteiger partial charge in [-0.15, -0.1) is 11.8 Å². The summed E-state index contributed by atoms with van der Waals surface area (Å²) >= 11 is 4.40. The molecule has 1 heterocycles. The third-order valence-corrected chi connectivity index (χ3v) is 8.48. The van der Waals surface area contributed by atoms with Crippen molar-refractivity contribution in [1.29, 1.82) is 0 Å². The fourth-order valence-electron chi connectivity index (χ4n) is 4.44. The zero-order valence-electron chi connectivity index (χ0n) is 23.1. The fraction of sp³-hybridized carbons (Fsp3) is 0.0625. The predicted molar refractivity (Wildman–Crippen MR) is 171 cm³/mol. The largest absolute Gasteiger partial charge is 0.321 e. The van der Waals surface area contributed by atoms with Crippen LogP contribution in [0.15, 0.2) is 112 Å². The van der Waals surface area contributed by atoms with Gasteiger partial charge in [-0.05, 0) is 60.7 Å². The number of nitro benzene ring substituents is 1. The van der Waals surface area contributed by atoms with Crippen molar-refractivity contribution >= 4 is 74.5 Å². The van der Waals surface area contributed by atoms with E-state index in [0.717, 1.165) is 16.7 Å². The Labute approximate surface area is 268 Å². The summed E-state index contributed by atoms with van der Waals surface area (Å²) in [7, 11) is 0. The molecule has 2 N–H and O–H groups in total. The van der Waals surface area contributed by atoms with Crippen LogP contribution in [0, 0.1) is 15.9 Å². The van der Waals surface area contributed by atoms with E-state index < -0.39 is 39.6 Å². The molecular formula is C32H22BrFN4O6S. The van der Waals surface area contributed by atoms with Gasteiger partial charge < -0.3 is 10.6 Å². The average Bonchev–Trinajstić information content (AvgIpc) is 3.30. The Morgan fingerprint density at radius 3 is 2.38 bits per heavy atom. The lowest BCUT2D eigenvalue weighted by atomic mass is 10.1. The maximum absolute atomic E-state index is 14.6. The van der Waals surface area contributed by atoms with Crippen LogP contribution in [0.5, 0.6) is 0 Å². The van der Waals surface area contributed by atoms with Crippen molar-refractivity contribution in [1.82, 2.24) is 5.32 Å². The molecule has 1 unspecified atom stereocenters. The maximum atomic E-state index is 14.6. The number of hydrogen-bond donors (Lipinski definition) is 2. The first kappa shape index (κ1) is 31.3. The first-order chi connectivity index (χ1) is 21.6. The van der Waals surface area contributed by atoms with Crippen LogP contribution in [0.1, 0.15) is 22.3 Å². The van der Waals surface area contributed by atoms with Crippen molar-refractivity contribution in [3.63, 3.8) is 0 Å². The second-order valence-corrected chi connectivity index (χ2v) is 11.8. The summed E-state index contributed by atoms with van der Waals surface area (Å²) in [5.41, 5.74) is 0.521. The number of carbonyl (C=O) groups excluding carboxylic acids is 4. The number of anilines is 2. The van der Waals surface area contributed by atoms with Crippen LogP contribution < -0.4 is 15.5 Å². The van der Waals surface area contributed by atoms with Crippen molar-refractivity contribution in [3.05, 3.63) is 134 Å². The number of benzene rings is 4. The highest BCUT2D eigenvalue weighted by atomic mass is 79.9. The Balaban J connectivity index is 1.34. The van der Waals surface area contributed by atoms with Gasteiger partial charge in [-0.3, -0.25) is 29.3 Å². The van der Waals surface area contributed by atoms with Gasteiger partial charge in [-0.1, -0.05) is 46.3 Å². The number of amides is 4. The minimum Gasteiger partial charge on any atom is -0.321 e. The molecule has 226 valence electrons. The number of carbonyl (C=O) groups is 4. The summed E-state index contributed by atoms with van der Waals surface area (Å²) in [6.45, 7) is 0. The zero-order chi connectivity index (χ0) is 32.1. The lowest BCUT2D eigenvalue weighted by molar-refractivity contribution is -0.384. The second-order valence-electron chi connectivity index (χ2n) is 9.65. The van der Waals surface area contributed by atoms with Gasteiger partial charge in [0.05, 0.1) is 15.9 Å². The third kappa shape index (κ3) is 7.33. The normalized spacial score (nSPS) is 14.8. The zero-order valence-corrected chi connectivity index (χ0v) is 25.5. The molecule has 5 rings (SSSR count). The Kier molecular flexibility index (Phi) is 9.50. The maximum Gasteiger partial charge on any atom is 0.272 e. The predicted octanol–water partition coefficient (Wildman–Crippen LogP) is 6.33. The van der Waals surface area contributed by atoms with E-state index in [0.29, 0.717) is 20.6 Å². The summed E-state index contributed by atoms with van der Waals surface area (Å²) in [4.78, 5) is 64.2. The molecule has 45 heavy (non-hydrogen) atoms. The van der Waals surface area contributed by atoms with E-state index in [9.17, 15) is 33.7 Å². The van der Waals surface area contributed by atoms with E-state index in [1.165, 1.54) is 42.5 Å². The number of hydrogen-bond acceptors (Lipinski definition) is 7. The molecule has 13 heteroatoms. The van der Waals surface area contributed by atoms with E-state index in [2.05, 4.69) is 26.6 Å². The van der Waals surface area contributed by atoms with Crippen molar-refractivity contribution in [2.24, 2.45) is 0 Å². The molecule has 1 fully saturated rings. The van der Waals surface area contributed by atoms with Gasteiger partial charge in [-0.25, -0.2) is 9.29 Å². The monoisotopic (exact) mass is 688 g/mol. The molecular weight excluding hydrogens is 667 g/mol. The molecule has 4 aromatic carbocycles. The fourth-order valence-corrected chi connectivity index (χ4v) is 6.01. The highest BCUT2D eigenvalue weighted by Crippen LogP contribution is 2.35. The van der Waals surface area contributed by atoms with Gasteiger partial charge in [0.2, 0.25) is 11.8 Å². The van der Waals surface area contributed by atoms with Crippen LogP contribution in [-0.4, -0.2) is 33.8 Å². The molecule has 10 nitrogen and oxygen atoms in total. The van der Waals surface area contributed by atoms with Gasteiger partial charge in [0, 0.05) is 44.7 Å². The van der Waals surface area contributed by atoms with Gasteiger partial charge in [0.1, 0.15) is 11.5 Å². The number of thioether (sulfide) groups is 1. The van der Waals surface area contributed by atoms with Gasteiger partial charge in [0.15, 0.2) is 0 Å². The Morgan fingerprint density at radius 1 is 0.978 bits per heavy atom. The number of imide groups is 1. The van der Waals surface area contributed by atoms with Crippen LogP contribution >= 0.6 is 27.7 Å². The molecule has 1 aliphatic rings. The Hall–Kier alpha value is -5.14. The SMILES string of the molecule is O=C(Nc1cccc(SC2CC(=O)N(c3ccc([N+](=O)[O-])cc3)C2=O)c1)C(=Cc1c(F)cccc1Br)NC(=O)c1ccccc1. The van der Waals surface area contributed by atoms with Crippen LogP contribution in [0.2, 0.25) is 0 Å². The number of rotatable bonds is 9. The third-order valence-electron chi connectivity index (χ3n) is 6.61. The summed E-state index contributed by atoms with van der Waals surface area (Å²) in [6, 6.07) is 24.2. The molecule has 0 radical (unpaired) electrons. The van der Waals surface area contributed by atoms with E-state index in [-0.39, 0.29) is 29.1 Å². The highest BCUT2D eigenvalue weighted by molar-refractivity contribution is 9.10. The van der Waals surface area contributed by atoms with Crippen LogP contribution in [0.25, 0.3) is 6.08 Å². The minimum absolute atomic E-state index is 0.0577. The average molecular weight is 690 g/mol. The standard InChI is InChI=1S/C32H22BrFN4O6S/c33-25-10-5-11-26(34)24(25)17-27(36-30(40)19-6-2-1-3-7-19)31(41)35-20-8-4-9-23(16-20)45-28-18-29(39)37(32(28)42)21-12-14-22(15-13-21)38(43)44/h1-17,28H,18H2,(H,35,41)(H,36,40). The van der Waals surface area contributed by atoms with Crippen LogP contribution in [0.4, 0.5) is 21.5 Å². The van der Waals surface area contributed by atoms with E-state index in [1.54, 1.807) is 60.7 Å². The molecule has 0 spiro atoms. The van der Waals surface area contributed by atoms with Crippen molar-refractivity contribution in [3.8, 4) is 0 Å². The van der Waals surface area contributed by atoms with Crippen molar-refractivity contribution < 1.29 is 28.5 Å².